The molecule has 0 unspecified atom stereocenters. The second-order valence-electron chi connectivity index (χ2n) is 11.0. The first-order valence-corrected chi connectivity index (χ1v) is 15.0. The van der Waals surface area contributed by atoms with Gasteiger partial charge in [-0.25, -0.2) is 9.97 Å². The van der Waals surface area contributed by atoms with Crippen molar-refractivity contribution in [2.24, 2.45) is 0 Å². The molecule has 44 heavy (non-hydrogen) atoms. The summed E-state index contributed by atoms with van der Waals surface area (Å²) in [6, 6.07) is 27.0. The fourth-order valence-electron chi connectivity index (χ4n) is 5.94. The van der Waals surface area contributed by atoms with Gasteiger partial charge >= 0.3 is 0 Å². The molecule has 0 radical (unpaired) electrons. The summed E-state index contributed by atoms with van der Waals surface area (Å²) in [5, 5.41) is 0. The van der Waals surface area contributed by atoms with Crippen LogP contribution in [0.25, 0.3) is 68.6 Å². The Labute approximate surface area is 256 Å². The number of methoxy groups -OCH3 is 2. The van der Waals surface area contributed by atoms with E-state index in [0.717, 1.165) is 97.9 Å². The summed E-state index contributed by atoms with van der Waals surface area (Å²) in [5.74, 6) is 1.64. The van der Waals surface area contributed by atoms with Gasteiger partial charge in [-0.3, -0.25) is 0 Å². The van der Waals surface area contributed by atoms with Crippen molar-refractivity contribution < 1.29 is 9.47 Å². The zero-order chi connectivity index (χ0) is 30.0. The summed E-state index contributed by atoms with van der Waals surface area (Å²) >= 11 is 0. The van der Waals surface area contributed by atoms with Crippen molar-refractivity contribution in [2.75, 3.05) is 14.2 Å². The average molecular weight is 579 g/mol. The second kappa shape index (κ2) is 11.7. The zero-order valence-electron chi connectivity index (χ0n) is 25.1. The predicted molar refractivity (Wildman–Crippen MR) is 181 cm³/mol. The number of nitrogens with one attached hydrogen (secondary N) is 2. The smallest absolute Gasteiger partial charge is 0.118 e. The number of hydrogen-bond acceptors (Lipinski definition) is 4. The Kier molecular flexibility index (Phi) is 7.32. The number of hydrogen-bond donors (Lipinski definition) is 2. The average Bonchev–Trinajstić information content (AvgIpc) is 3.88. The van der Waals surface area contributed by atoms with Crippen LogP contribution >= 0.6 is 0 Å². The lowest BCUT2D eigenvalue weighted by molar-refractivity contribution is 0.415. The first-order valence-electron chi connectivity index (χ1n) is 15.0. The van der Waals surface area contributed by atoms with Crippen LogP contribution in [0.2, 0.25) is 0 Å². The van der Waals surface area contributed by atoms with E-state index in [1.807, 2.05) is 24.3 Å². The fraction of sp³-hybridized carbons (Fsp3) is 0.158. The van der Waals surface area contributed by atoms with Gasteiger partial charge in [-0.1, -0.05) is 37.6 Å². The number of unbranched alkanes of at least 4 members (excludes halogenated alkanes) is 1. The molecule has 5 heterocycles. The van der Waals surface area contributed by atoms with Crippen molar-refractivity contribution in [3.63, 3.8) is 0 Å². The Balaban J connectivity index is 1.56. The van der Waals surface area contributed by atoms with Crippen molar-refractivity contribution >= 4 is 46.4 Å². The Morgan fingerprint density at radius 2 is 1.16 bits per heavy atom. The van der Waals surface area contributed by atoms with Gasteiger partial charge in [0.15, 0.2) is 0 Å². The van der Waals surface area contributed by atoms with Gasteiger partial charge in [-0.05, 0) is 103 Å². The summed E-state index contributed by atoms with van der Waals surface area (Å²) in [7, 11) is 3.38. The molecule has 0 atom stereocenters. The van der Waals surface area contributed by atoms with Gasteiger partial charge in [0.1, 0.15) is 11.5 Å². The molecule has 6 nitrogen and oxygen atoms in total. The van der Waals surface area contributed by atoms with Gasteiger partial charge in [0.2, 0.25) is 0 Å². The van der Waals surface area contributed by atoms with E-state index in [4.69, 9.17) is 19.4 Å². The fourth-order valence-corrected chi connectivity index (χ4v) is 5.94. The Bertz CT molecular complexity index is 2020. The molecule has 0 fully saturated rings. The van der Waals surface area contributed by atoms with Gasteiger partial charge in [0.05, 0.1) is 37.0 Å². The third kappa shape index (κ3) is 5.20. The number of nitrogens with zero attached hydrogens (tertiary/aromatic N) is 2. The summed E-state index contributed by atoms with van der Waals surface area (Å²) < 4.78 is 10.9. The third-order valence-electron chi connectivity index (χ3n) is 8.22. The topological polar surface area (TPSA) is 75.8 Å². The SMILES string of the molecule is CCCCc1c2nc(c(-c3ccc(OC)cc3)c3ccc(cc4nc(c(-c5ccc(OC)cc5)c5ccc1[nH]5)C=C4)[nH]3)C=C2. The lowest BCUT2D eigenvalue weighted by Crippen LogP contribution is -1.92. The van der Waals surface area contributed by atoms with Crippen LogP contribution < -0.4 is 9.47 Å². The van der Waals surface area contributed by atoms with E-state index < -0.39 is 0 Å². The minimum atomic E-state index is 0.820. The normalized spacial score (nSPS) is 12.1. The molecule has 0 saturated heterocycles. The van der Waals surface area contributed by atoms with E-state index >= 15 is 0 Å². The number of H-pyrrole nitrogens is 2. The summed E-state index contributed by atoms with van der Waals surface area (Å²) in [6.45, 7) is 2.23. The van der Waals surface area contributed by atoms with Crippen LogP contribution in [0.15, 0.2) is 78.9 Å². The molecular formula is C38H34N4O2. The largest absolute Gasteiger partial charge is 0.497 e. The summed E-state index contributed by atoms with van der Waals surface area (Å²) in [4.78, 5) is 17.7. The van der Waals surface area contributed by atoms with Gasteiger partial charge in [0, 0.05) is 38.8 Å². The number of rotatable bonds is 7. The zero-order valence-corrected chi connectivity index (χ0v) is 25.1. The van der Waals surface area contributed by atoms with Crippen LogP contribution in [-0.2, 0) is 6.42 Å². The maximum absolute atomic E-state index is 5.44. The first-order chi connectivity index (χ1) is 21.6. The monoisotopic (exact) mass is 578 g/mol. The van der Waals surface area contributed by atoms with E-state index in [1.54, 1.807) is 14.2 Å². The molecule has 3 aromatic heterocycles. The molecular weight excluding hydrogens is 544 g/mol. The highest BCUT2D eigenvalue weighted by atomic mass is 16.5. The highest BCUT2D eigenvalue weighted by Gasteiger charge is 2.16. The molecule has 0 saturated carbocycles. The van der Waals surface area contributed by atoms with Crippen molar-refractivity contribution in [3.8, 4) is 33.8 Å². The highest BCUT2D eigenvalue weighted by molar-refractivity contribution is 5.93. The molecule has 2 aliphatic rings. The van der Waals surface area contributed by atoms with E-state index in [0.29, 0.717) is 0 Å². The molecule has 0 amide bonds. The lowest BCUT2D eigenvalue weighted by Gasteiger charge is -2.06. The molecule has 2 aromatic carbocycles. The van der Waals surface area contributed by atoms with Crippen LogP contribution in [0, 0.1) is 0 Å². The van der Waals surface area contributed by atoms with Crippen LogP contribution in [0.5, 0.6) is 11.5 Å². The predicted octanol–water partition coefficient (Wildman–Crippen LogP) is 9.35. The maximum atomic E-state index is 5.44. The highest BCUT2D eigenvalue weighted by Crippen LogP contribution is 2.34. The van der Waals surface area contributed by atoms with Gasteiger partial charge in [-0.2, -0.15) is 0 Å². The minimum Gasteiger partial charge on any atom is -0.497 e. The molecule has 0 spiro atoms. The van der Waals surface area contributed by atoms with Gasteiger partial charge < -0.3 is 19.4 Å². The number of ether oxygens (including phenoxy) is 2. The molecule has 2 N–H and O–H groups in total. The maximum Gasteiger partial charge on any atom is 0.118 e. The Morgan fingerprint density at radius 1 is 0.591 bits per heavy atom. The number of aromatic nitrogens is 4. The Hall–Kier alpha value is -5.36. The molecule has 2 aliphatic heterocycles. The van der Waals surface area contributed by atoms with Crippen molar-refractivity contribution in [1.29, 1.82) is 0 Å². The molecule has 0 aliphatic carbocycles. The standard InChI is InChI=1S/C38H34N4O2/c1-4-5-6-30-31-19-21-35(41-31)37(24-7-13-28(43-2)14-8-24)33-17-11-26(39-33)23-27-12-18-34(40-27)38(36-22-20-32(30)42-36)25-9-15-29(44-3)16-10-25/h7-23,39,42H,4-6H2,1-3H3. The van der Waals surface area contributed by atoms with Gasteiger partial charge in [0.25, 0.3) is 0 Å². The van der Waals surface area contributed by atoms with Crippen LogP contribution in [-0.4, -0.2) is 34.2 Å². The number of fused-ring (bicyclic) bond motifs is 8. The number of aromatic amines is 2. The van der Waals surface area contributed by atoms with Crippen LogP contribution in [0.1, 0.15) is 48.1 Å². The number of benzene rings is 2. The lowest BCUT2D eigenvalue weighted by atomic mass is 10.0. The second-order valence-corrected chi connectivity index (χ2v) is 11.0. The van der Waals surface area contributed by atoms with Crippen LogP contribution in [0.4, 0.5) is 0 Å². The van der Waals surface area contributed by atoms with Crippen molar-refractivity contribution in [1.82, 2.24) is 19.9 Å². The van der Waals surface area contributed by atoms with Crippen LogP contribution in [0.3, 0.4) is 0 Å². The van der Waals surface area contributed by atoms with E-state index in [2.05, 4.69) is 95.8 Å². The van der Waals surface area contributed by atoms with E-state index in [1.165, 1.54) is 5.56 Å². The van der Waals surface area contributed by atoms with Gasteiger partial charge in [-0.15, -0.1) is 0 Å². The molecule has 8 bridgehead atoms. The summed E-state index contributed by atoms with van der Waals surface area (Å²) in [6.07, 6.45) is 11.5. The quantitative estimate of drug-likeness (QED) is 0.198. The van der Waals surface area contributed by atoms with Crippen molar-refractivity contribution in [3.05, 3.63) is 107 Å². The molecule has 218 valence electrons. The summed E-state index contributed by atoms with van der Waals surface area (Å²) in [5.41, 5.74) is 13.2. The van der Waals surface area contributed by atoms with Crippen molar-refractivity contribution in [2.45, 2.75) is 26.2 Å². The third-order valence-corrected chi connectivity index (χ3v) is 8.22. The number of aryl methyl sites for hydroxylation is 1. The van der Waals surface area contributed by atoms with E-state index in [9.17, 15) is 0 Å². The van der Waals surface area contributed by atoms with E-state index in [-0.39, 0.29) is 0 Å². The molecule has 5 aromatic rings. The minimum absolute atomic E-state index is 0.820. The molecule has 7 rings (SSSR count). The Morgan fingerprint density at radius 3 is 1.82 bits per heavy atom. The first kappa shape index (κ1) is 27.5. The molecule has 6 heteroatoms.